The molecule has 31 heavy (non-hydrogen) atoms. The van der Waals surface area contributed by atoms with Crippen LogP contribution in [0.25, 0.3) is 0 Å². The molecule has 2 rings (SSSR count). The smallest absolute Gasteiger partial charge is 0.444 e. The predicted molar refractivity (Wildman–Crippen MR) is 112 cm³/mol. The van der Waals surface area contributed by atoms with Gasteiger partial charge in [-0.3, -0.25) is 4.90 Å². The number of nitrogens with zero attached hydrogens (tertiary/aromatic N) is 4. The summed E-state index contributed by atoms with van der Waals surface area (Å²) in [6.07, 6.45) is 0.0742. The minimum atomic E-state index is -0.828. The average Bonchev–Trinajstić information content (AvgIpc) is 2.63. The predicted octanol–water partition coefficient (Wildman–Crippen LogP) is 3.37. The molecule has 172 valence electrons. The standard InChI is InChI=1S/C20H30N4O7/c1-19(2,3)30-17(25)23-10-9-22(14-7-8-16(21-11-14)24(27)28)12-15(23)13-29-18(26)31-20(4,5)6/h7-8,11,15H,9-10,12-13H2,1-6H3. The molecule has 0 bridgehead atoms. The summed E-state index contributed by atoms with van der Waals surface area (Å²) in [4.78, 5) is 42.2. The number of anilines is 1. The van der Waals surface area contributed by atoms with Crippen LogP contribution in [-0.4, -0.2) is 70.5 Å². The van der Waals surface area contributed by atoms with Gasteiger partial charge in [-0.1, -0.05) is 0 Å². The van der Waals surface area contributed by atoms with Gasteiger partial charge in [0.15, 0.2) is 6.20 Å². The molecule has 1 amide bonds. The zero-order valence-corrected chi connectivity index (χ0v) is 18.8. The molecule has 1 saturated heterocycles. The van der Waals surface area contributed by atoms with Crippen molar-refractivity contribution in [3.63, 3.8) is 0 Å². The number of hydrogen-bond acceptors (Lipinski definition) is 9. The highest BCUT2D eigenvalue weighted by Crippen LogP contribution is 2.22. The summed E-state index contributed by atoms with van der Waals surface area (Å²) in [5.74, 6) is -0.249. The van der Waals surface area contributed by atoms with E-state index in [0.29, 0.717) is 25.3 Å². The van der Waals surface area contributed by atoms with E-state index in [4.69, 9.17) is 14.2 Å². The van der Waals surface area contributed by atoms with E-state index in [-0.39, 0.29) is 12.4 Å². The molecule has 1 aromatic rings. The fourth-order valence-corrected chi connectivity index (χ4v) is 2.91. The zero-order chi connectivity index (χ0) is 23.4. The van der Waals surface area contributed by atoms with Crippen molar-refractivity contribution < 1.29 is 28.7 Å². The molecule has 1 unspecified atom stereocenters. The third kappa shape index (κ3) is 7.58. The molecule has 0 spiro atoms. The van der Waals surface area contributed by atoms with Crippen LogP contribution in [0.5, 0.6) is 0 Å². The summed E-state index contributed by atoms with van der Waals surface area (Å²) >= 11 is 0. The number of piperazine rings is 1. The second-order valence-corrected chi connectivity index (χ2v) is 9.18. The lowest BCUT2D eigenvalue weighted by Crippen LogP contribution is -2.58. The second kappa shape index (κ2) is 9.36. The number of nitro groups is 1. The Labute approximate surface area is 181 Å². The third-order valence-corrected chi connectivity index (χ3v) is 4.18. The molecule has 1 atom stereocenters. The Kier molecular flexibility index (Phi) is 7.29. The summed E-state index contributed by atoms with van der Waals surface area (Å²) in [7, 11) is 0. The van der Waals surface area contributed by atoms with Crippen LogP contribution >= 0.6 is 0 Å². The highest BCUT2D eigenvalue weighted by Gasteiger charge is 2.35. The Morgan fingerprint density at radius 2 is 1.77 bits per heavy atom. The first-order valence-electron chi connectivity index (χ1n) is 9.96. The SMILES string of the molecule is CC(C)(C)OC(=O)OCC1CN(c2ccc([N+](=O)[O-])nc2)CCN1C(=O)OC(C)(C)C. The van der Waals surface area contributed by atoms with Gasteiger partial charge in [-0.2, -0.15) is 0 Å². The Bertz CT molecular complexity index is 799. The van der Waals surface area contributed by atoms with Crippen LogP contribution < -0.4 is 4.90 Å². The van der Waals surface area contributed by atoms with E-state index in [0.717, 1.165) is 0 Å². The molecular formula is C20H30N4O7. The molecule has 11 heteroatoms. The fraction of sp³-hybridized carbons (Fsp3) is 0.650. The molecule has 2 heterocycles. The number of aromatic nitrogens is 1. The molecular weight excluding hydrogens is 408 g/mol. The highest BCUT2D eigenvalue weighted by molar-refractivity contribution is 5.69. The molecule has 1 aromatic heterocycles. The number of hydrogen-bond donors (Lipinski definition) is 0. The quantitative estimate of drug-likeness (QED) is 0.395. The number of rotatable bonds is 4. The highest BCUT2D eigenvalue weighted by atomic mass is 16.7. The summed E-state index contributed by atoms with van der Waals surface area (Å²) in [5.41, 5.74) is -0.713. The van der Waals surface area contributed by atoms with Gasteiger partial charge in [0.1, 0.15) is 17.8 Å². The number of carbonyl (C=O) groups is 2. The Hall–Kier alpha value is -3.11. The van der Waals surface area contributed by atoms with Gasteiger partial charge in [-0.25, -0.2) is 9.59 Å². The van der Waals surface area contributed by atoms with Gasteiger partial charge >= 0.3 is 18.1 Å². The maximum atomic E-state index is 12.7. The van der Waals surface area contributed by atoms with Crippen molar-refractivity contribution in [1.29, 1.82) is 0 Å². The third-order valence-electron chi connectivity index (χ3n) is 4.18. The first-order chi connectivity index (χ1) is 14.2. The van der Waals surface area contributed by atoms with Crippen LogP contribution in [0.1, 0.15) is 41.5 Å². The molecule has 0 radical (unpaired) electrons. The summed E-state index contributed by atoms with van der Waals surface area (Å²) < 4.78 is 15.9. The van der Waals surface area contributed by atoms with Gasteiger partial charge in [-0.15, -0.1) is 0 Å². The summed E-state index contributed by atoms with van der Waals surface area (Å²) in [5, 5.41) is 10.8. The number of carbonyl (C=O) groups excluding carboxylic acids is 2. The second-order valence-electron chi connectivity index (χ2n) is 9.18. The minimum Gasteiger partial charge on any atom is -0.444 e. The lowest BCUT2D eigenvalue weighted by Gasteiger charge is -2.41. The maximum Gasteiger partial charge on any atom is 0.508 e. The van der Waals surface area contributed by atoms with Crippen LogP contribution in [0.2, 0.25) is 0 Å². The molecule has 1 aliphatic rings. The molecule has 0 saturated carbocycles. The van der Waals surface area contributed by atoms with E-state index in [1.54, 1.807) is 47.6 Å². The van der Waals surface area contributed by atoms with Crippen molar-refractivity contribution in [2.45, 2.75) is 58.8 Å². The van der Waals surface area contributed by atoms with E-state index in [2.05, 4.69) is 4.98 Å². The Balaban J connectivity index is 2.14. The van der Waals surface area contributed by atoms with Crippen LogP contribution in [0.3, 0.4) is 0 Å². The average molecular weight is 438 g/mol. The molecule has 0 aliphatic carbocycles. The largest absolute Gasteiger partial charge is 0.508 e. The van der Waals surface area contributed by atoms with Crippen molar-refractivity contribution in [1.82, 2.24) is 9.88 Å². The van der Waals surface area contributed by atoms with Crippen LogP contribution in [-0.2, 0) is 14.2 Å². The topological polar surface area (TPSA) is 124 Å². The fourth-order valence-electron chi connectivity index (χ4n) is 2.91. The van der Waals surface area contributed by atoms with Crippen LogP contribution in [0.15, 0.2) is 18.3 Å². The van der Waals surface area contributed by atoms with Crippen LogP contribution in [0, 0.1) is 10.1 Å². The van der Waals surface area contributed by atoms with E-state index < -0.39 is 34.4 Å². The Morgan fingerprint density at radius 3 is 2.29 bits per heavy atom. The van der Waals surface area contributed by atoms with Gasteiger partial charge in [-0.05, 0) is 57.5 Å². The van der Waals surface area contributed by atoms with Gasteiger partial charge in [0, 0.05) is 25.7 Å². The minimum absolute atomic E-state index is 0.0922. The van der Waals surface area contributed by atoms with E-state index in [1.807, 2.05) is 4.90 Å². The molecule has 0 N–H and O–H groups in total. The van der Waals surface area contributed by atoms with Crippen LogP contribution in [0.4, 0.5) is 21.1 Å². The summed E-state index contributed by atoms with van der Waals surface area (Å²) in [6.45, 7) is 11.5. The number of pyridine rings is 1. The summed E-state index contributed by atoms with van der Waals surface area (Å²) in [6, 6.07) is 2.41. The maximum absolute atomic E-state index is 12.7. The van der Waals surface area contributed by atoms with Crippen molar-refractivity contribution in [2.24, 2.45) is 0 Å². The van der Waals surface area contributed by atoms with Gasteiger partial charge in [0.05, 0.1) is 11.7 Å². The normalized spacial score (nSPS) is 17.2. The number of ether oxygens (including phenoxy) is 3. The molecule has 11 nitrogen and oxygen atoms in total. The van der Waals surface area contributed by atoms with E-state index >= 15 is 0 Å². The molecule has 1 aliphatic heterocycles. The lowest BCUT2D eigenvalue weighted by molar-refractivity contribution is -0.389. The van der Waals surface area contributed by atoms with Crippen molar-refractivity contribution in [3.05, 3.63) is 28.4 Å². The molecule has 0 aromatic carbocycles. The monoisotopic (exact) mass is 438 g/mol. The lowest BCUT2D eigenvalue weighted by atomic mass is 10.1. The number of amides is 1. The van der Waals surface area contributed by atoms with Crippen molar-refractivity contribution in [2.75, 3.05) is 31.1 Å². The first-order valence-corrected chi connectivity index (χ1v) is 9.96. The Morgan fingerprint density at radius 1 is 1.13 bits per heavy atom. The first kappa shape index (κ1) is 24.2. The van der Waals surface area contributed by atoms with Gasteiger partial charge in [0.25, 0.3) is 0 Å². The van der Waals surface area contributed by atoms with Crippen molar-refractivity contribution >= 4 is 23.8 Å². The zero-order valence-electron chi connectivity index (χ0n) is 18.8. The van der Waals surface area contributed by atoms with Gasteiger partial charge in [0.2, 0.25) is 0 Å². The van der Waals surface area contributed by atoms with Gasteiger partial charge < -0.3 is 29.2 Å². The molecule has 1 fully saturated rings. The van der Waals surface area contributed by atoms with E-state index in [9.17, 15) is 19.7 Å². The van der Waals surface area contributed by atoms with Crippen molar-refractivity contribution in [3.8, 4) is 0 Å². The van der Waals surface area contributed by atoms with E-state index in [1.165, 1.54) is 17.2 Å².